The molecule has 0 aliphatic rings. The summed E-state index contributed by atoms with van der Waals surface area (Å²) in [5.74, 6) is 0. The fourth-order valence-corrected chi connectivity index (χ4v) is 1.62. The molecule has 0 saturated heterocycles. The van der Waals surface area contributed by atoms with Crippen LogP contribution in [-0.4, -0.2) is 22.1 Å². The van der Waals surface area contributed by atoms with Crippen LogP contribution in [0.4, 0.5) is 0 Å². The van der Waals surface area contributed by atoms with Crippen LogP contribution in [0.1, 0.15) is 32.6 Å². The molecule has 1 heterocycles. The van der Waals surface area contributed by atoms with Gasteiger partial charge in [0.05, 0.1) is 18.8 Å². The number of hydrogen-bond donors (Lipinski definition) is 1. The quantitative estimate of drug-likeness (QED) is 0.681. The number of nitrogens with one attached hydrogen (secondary N) is 1. The summed E-state index contributed by atoms with van der Waals surface area (Å²) in [5, 5.41) is 12.0. The van der Waals surface area contributed by atoms with Gasteiger partial charge in [-0.1, -0.05) is 6.92 Å². The molecule has 0 radical (unpaired) electrons. The van der Waals surface area contributed by atoms with Gasteiger partial charge in [-0.25, -0.2) is 4.98 Å². The second-order valence-corrected chi connectivity index (χ2v) is 3.93. The van der Waals surface area contributed by atoms with Crippen molar-refractivity contribution in [2.24, 2.45) is 0 Å². The van der Waals surface area contributed by atoms with Crippen molar-refractivity contribution in [1.82, 2.24) is 14.9 Å². The Balaban J connectivity index is 2.01. The molecule has 1 aromatic heterocycles. The lowest BCUT2D eigenvalue weighted by Gasteiger charge is -2.13. The van der Waals surface area contributed by atoms with Gasteiger partial charge in [-0.3, -0.25) is 0 Å². The Morgan fingerprint density at radius 2 is 2.38 bits per heavy atom. The normalized spacial score (nSPS) is 12.2. The predicted octanol–water partition coefficient (Wildman–Crippen LogP) is 1.95. The molecule has 0 aliphatic carbocycles. The number of aryl methyl sites for hydroxylation is 1. The molecule has 0 fully saturated rings. The van der Waals surface area contributed by atoms with E-state index in [1.54, 1.807) is 6.20 Å². The first-order chi connectivity index (χ1) is 7.86. The van der Waals surface area contributed by atoms with Crippen molar-refractivity contribution in [3.05, 3.63) is 18.7 Å². The van der Waals surface area contributed by atoms with Crippen molar-refractivity contribution in [3.63, 3.8) is 0 Å². The summed E-state index contributed by atoms with van der Waals surface area (Å²) in [7, 11) is 0. The molecule has 1 atom stereocenters. The molecule has 1 N–H and O–H groups in total. The summed E-state index contributed by atoms with van der Waals surface area (Å²) in [5.41, 5.74) is 0. The summed E-state index contributed by atoms with van der Waals surface area (Å²) < 4.78 is 2.09. The highest BCUT2D eigenvalue weighted by molar-refractivity contribution is 4.79. The molecule has 1 rings (SSSR count). The third kappa shape index (κ3) is 4.94. The van der Waals surface area contributed by atoms with Gasteiger partial charge in [0.25, 0.3) is 0 Å². The predicted molar refractivity (Wildman–Crippen MR) is 63.8 cm³/mol. The summed E-state index contributed by atoms with van der Waals surface area (Å²) in [6, 6.07) is 2.57. The van der Waals surface area contributed by atoms with Crippen LogP contribution in [0.15, 0.2) is 18.7 Å². The van der Waals surface area contributed by atoms with Crippen molar-refractivity contribution in [1.29, 1.82) is 5.26 Å². The van der Waals surface area contributed by atoms with Gasteiger partial charge in [0.15, 0.2) is 0 Å². The Kier molecular flexibility index (Phi) is 6.28. The topological polar surface area (TPSA) is 53.6 Å². The minimum Gasteiger partial charge on any atom is -0.337 e. The lowest BCUT2D eigenvalue weighted by Crippen LogP contribution is -2.28. The van der Waals surface area contributed by atoms with Crippen molar-refractivity contribution in [3.8, 4) is 6.07 Å². The molecule has 0 aliphatic heterocycles. The number of nitrogens with zero attached hydrogens (tertiary/aromatic N) is 3. The fraction of sp³-hybridized carbons (Fsp3) is 0.667. The van der Waals surface area contributed by atoms with E-state index in [0.29, 0.717) is 12.5 Å². The average Bonchev–Trinajstić information content (AvgIpc) is 2.80. The first kappa shape index (κ1) is 12.7. The number of rotatable bonds is 8. The number of unbranched alkanes of at least 4 members (excludes halogenated alkanes) is 1. The molecule has 0 spiro atoms. The highest BCUT2D eigenvalue weighted by atomic mass is 15.0. The first-order valence-corrected chi connectivity index (χ1v) is 5.93. The zero-order chi connectivity index (χ0) is 11.6. The molecular formula is C12H20N4. The summed E-state index contributed by atoms with van der Waals surface area (Å²) in [6.45, 7) is 4.13. The van der Waals surface area contributed by atoms with Crippen molar-refractivity contribution in [2.75, 3.05) is 6.54 Å². The van der Waals surface area contributed by atoms with E-state index in [-0.39, 0.29) is 0 Å². The molecule has 0 bridgehead atoms. The van der Waals surface area contributed by atoms with Crippen molar-refractivity contribution < 1.29 is 0 Å². The Morgan fingerprint density at radius 1 is 1.50 bits per heavy atom. The van der Waals surface area contributed by atoms with E-state index in [9.17, 15) is 0 Å². The number of nitriles is 1. The zero-order valence-electron chi connectivity index (χ0n) is 9.89. The van der Waals surface area contributed by atoms with E-state index < -0.39 is 0 Å². The molecule has 1 aromatic rings. The van der Waals surface area contributed by atoms with E-state index in [2.05, 4.69) is 27.9 Å². The first-order valence-electron chi connectivity index (χ1n) is 5.93. The molecule has 0 saturated carbocycles. The van der Waals surface area contributed by atoms with E-state index in [1.807, 2.05) is 12.5 Å². The molecule has 0 aromatic carbocycles. The van der Waals surface area contributed by atoms with Crippen LogP contribution in [-0.2, 0) is 6.54 Å². The lowest BCUT2D eigenvalue weighted by atomic mass is 10.1. The van der Waals surface area contributed by atoms with Gasteiger partial charge in [-0.2, -0.15) is 5.26 Å². The lowest BCUT2D eigenvalue weighted by molar-refractivity contribution is 0.481. The van der Waals surface area contributed by atoms with Crippen molar-refractivity contribution >= 4 is 0 Å². The van der Waals surface area contributed by atoms with Crippen LogP contribution in [0.5, 0.6) is 0 Å². The minimum absolute atomic E-state index is 0.359. The summed E-state index contributed by atoms with van der Waals surface area (Å²) in [4.78, 5) is 4.00. The number of aromatic nitrogens is 2. The molecule has 0 amide bonds. The molecule has 1 unspecified atom stereocenters. The summed E-state index contributed by atoms with van der Waals surface area (Å²) >= 11 is 0. The van der Waals surface area contributed by atoms with Gasteiger partial charge in [0.1, 0.15) is 0 Å². The fourth-order valence-electron chi connectivity index (χ4n) is 1.62. The maximum Gasteiger partial charge on any atom is 0.0945 e. The summed E-state index contributed by atoms with van der Waals surface area (Å²) in [6.07, 6.45) is 9.55. The third-order valence-corrected chi connectivity index (χ3v) is 2.67. The Labute approximate surface area is 97.3 Å². The largest absolute Gasteiger partial charge is 0.337 e. The highest BCUT2D eigenvalue weighted by Gasteiger charge is 2.03. The Morgan fingerprint density at radius 3 is 3.00 bits per heavy atom. The monoisotopic (exact) mass is 220 g/mol. The zero-order valence-corrected chi connectivity index (χ0v) is 9.89. The van der Waals surface area contributed by atoms with E-state index in [4.69, 9.17) is 5.26 Å². The minimum atomic E-state index is 0.359. The van der Waals surface area contributed by atoms with Crippen LogP contribution < -0.4 is 5.32 Å². The molecule has 4 nitrogen and oxygen atoms in total. The maximum absolute atomic E-state index is 8.60. The van der Waals surface area contributed by atoms with Gasteiger partial charge in [0, 0.05) is 25.0 Å². The molecule has 16 heavy (non-hydrogen) atoms. The second kappa shape index (κ2) is 7.89. The van der Waals surface area contributed by atoms with Gasteiger partial charge in [-0.05, 0) is 25.8 Å². The third-order valence-electron chi connectivity index (χ3n) is 2.67. The van der Waals surface area contributed by atoms with Crippen molar-refractivity contribution in [2.45, 2.75) is 45.2 Å². The standard InChI is InChI=1S/C12H20N4/c1-2-12(5-6-13)15-7-3-4-9-16-10-8-14-11-16/h8,10-12,15H,2-5,7,9H2,1H3. The van der Waals surface area contributed by atoms with E-state index in [1.165, 1.54) is 0 Å². The van der Waals surface area contributed by atoms with Gasteiger partial charge >= 0.3 is 0 Å². The van der Waals surface area contributed by atoms with E-state index in [0.717, 1.165) is 32.4 Å². The van der Waals surface area contributed by atoms with Gasteiger partial charge in [0.2, 0.25) is 0 Å². The van der Waals surface area contributed by atoms with Crippen LogP contribution >= 0.6 is 0 Å². The van der Waals surface area contributed by atoms with Crippen LogP contribution in [0.25, 0.3) is 0 Å². The Bertz CT molecular complexity index is 299. The average molecular weight is 220 g/mol. The maximum atomic E-state index is 8.60. The highest BCUT2D eigenvalue weighted by Crippen LogP contribution is 1.98. The smallest absolute Gasteiger partial charge is 0.0945 e. The van der Waals surface area contributed by atoms with Gasteiger partial charge in [-0.15, -0.1) is 0 Å². The van der Waals surface area contributed by atoms with Gasteiger partial charge < -0.3 is 9.88 Å². The van der Waals surface area contributed by atoms with E-state index >= 15 is 0 Å². The molecule has 4 heteroatoms. The SMILES string of the molecule is CCC(CC#N)NCCCCn1ccnc1. The number of imidazole rings is 1. The number of hydrogen-bond acceptors (Lipinski definition) is 3. The Hall–Kier alpha value is -1.34. The molecule has 88 valence electrons. The van der Waals surface area contributed by atoms with Crippen LogP contribution in [0, 0.1) is 11.3 Å². The van der Waals surface area contributed by atoms with Crippen LogP contribution in [0.2, 0.25) is 0 Å². The second-order valence-electron chi connectivity index (χ2n) is 3.93. The van der Waals surface area contributed by atoms with Crippen LogP contribution in [0.3, 0.4) is 0 Å². The molecular weight excluding hydrogens is 200 g/mol.